The van der Waals surface area contributed by atoms with E-state index in [0.717, 1.165) is 6.54 Å². The molecule has 1 saturated heterocycles. The monoisotopic (exact) mass is 514 g/mol. The predicted octanol–water partition coefficient (Wildman–Crippen LogP) is 5.15. The lowest BCUT2D eigenvalue weighted by molar-refractivity contribution is -0.139. The molecule has 0 radical (unpaired) electrons. The molecule has 1 aliphatic rings. The lowest BCUT2D eigenvalue weighted by Gasteiger charge is -2.26. The number of halogens is 1. The Bertz CT molecular complexity index is 1130. The summed E-state index contributed by atoms with van der Waals surface area (Å²) >= 11 is 6.41. The number of ketones is 1. The average Bonchev–Trinajstić information content (AvgIpc) is 3.08. The van der Waals surface area contributed by atoms with E-state index >= 15 is 0 Å². The van der Waals surface area contributed by atoms with Crippen LogP contribution in [0.25, 0.3) is 5.76 Å². The molecule has 2 aromatic carbocycles. The Balaban J connectivity index is 2.12. The van der Waals surface area contributed by atoms with Gasteiger partial charge in [-0.1, -0.05) is 37.6 Å². The number of rotatable bonds is 11. The molecule has 1 heterocycles. The molecule has 1 amide bonds. The van der Waals surface area contributed by atoms with Crippen LogP contribution < -0.4 is 9.47 Å². The van der Waals surface area contributed by atoms with Crippen molar-refractivity contribution >= 4 is 29.1 Å². The van der Waals surface area contributed by atoms with Crippen LogP contribution in [-0.4, -0.2) is 67.0 Å². The van der Waals surface area contributed by atoms with Crippen LogP contribution in [0.5, 0.6) is 11.5 Å². The lowest BCUT2D eigenvalue weighted by Crippen LogP contribution is -2.32. The summed E-state index contributed by atoms with van der Waals surface area (Å²) in [6, 6.07) is 11.4. The molecular weight excluding hydrogens is 480 g/mol. The first-order valence-electron chi connectivity index (χ1n) is 12.2. The summed E-state index contributed by atoms with van der Waals surface area (Å²) in [7, 11) is 3.91. The van der Waals surface area contributed by atoms with Crippen LogP contribution in [0.15, 0.2) is 48.0 Å². The highest BCUT2D eigenvalue weighted by molar-refractivity contribution is 6.47. The fraction of sp³-hybridized carbons (Fsp3) is 0.429. The molecule has 1 unspecified atom stereocenters. The minimum absolute atomic E-state index is 0.00131. The van der Waals surface area contributed by atoms with Crippen molar-refractivity contribution in [3.05, 3.63) is 64.2 Å². The fourth-order valence-electron chi connectivity index (χ4n) is 4.14. The van der Waals surface area contributed by atoms with Crippen LogP contribution in [0, 0.1) is 5.92 Å². The van der Waals surface area contributed by atoms with Crippen molar-refractivity contribution in [1.82, 2.24) is 9.80 Å². The van der Waals surface area contributed by atoms with Crippen LogP contribution in [0.4, 0.5) is 0 Å². The van der Waals surface area contributed by atoms with Gasteiger partial charge in [-0.15, -0.1) is 0 Å². The topological polar surface area (TPSA) is 79.3 Å². The zero-order valence-corrected chi connectivity index (χ0v) is 22.3. The Morgan fingerprint density at radius 3 is 2.50 bits per heavy atom. The molecule has 194 valence electrons. The molecule has 7 nitrogen and oxygen atoms in total. The molecule has 2 aromatic rings. The van der Waals surface area contributed by atoms with Crippen molar-refractivity contribution in [1.29, 1.82) is 0 Å². The molecule has 1 atom stereocenters. The van der Waals surface area contributed by atoms with Crippen molar-refractivity contribution in [2.24, 2.45) is 5.92 Å². The van der Waals surface area contributed by atoms with Crippen molar-refractivity contribution in [3.63, 3.8) is 0 Å². The van der Waals surface area contributed by atoms with Gasteiger partial charge in [-0.25, -0.2) is 0 Å². The SMILES string of the molecule is CCOc1ccc(Cl)c(/C(O)=C2\C(=O)C(=O)N(CCCN(C)C)C2c2cccc(OCC(C)C)c2)c1. The molecule has 3 rings (SSSR count). The molecule has 8 heteroatoms. The van der Waals surface area contributed by atoms with E-state index in [9.17, 15) is 14.7 Å². The molecular formula is C28H35ClN2O5. The van der Waals surface area contributed by atoms with E-state index in [1.54, 1.807) is 18.2 Å². The van der Waals surface area contributed by atoms with E-state index in [2.05, 4.69) is 13.8 Å². The van der Waals surface area contributed by atoms with Crippen LogP contribution in [0.3, 0.4) is 0 Å². The van der Waals surface area contributed by atoms with Gasteiger partial charge in [0.15, 0.2) is 0 Å². The maximum Gasteiger partial charge on any atom is 0.295 e. The second kappa shape index (κ2) is 12.3. The van der Waals surface area contributed by atoms with E-state index < -0.39 is 17.7 Å². The Kier molecular flexibility index (Phi) is 9.40. The van der Waals surface area contributed by atoms with Gasteiger partial charge in [0.1, 0.15) is 17.3 Å². The first kappa shape index (κ1) is 27.6. The number of aliphatic hydroxyl groups is 1. The molecule has 0 bridgehead atoms. The van der Waals surface area contributed by atoms with Gasteiger partial charge < -0.3 is 24.4 Å². The van der Waals surface area contributed by atoms with Gasteiger partial charge in [0.25, 0.3) is 11.7 Å². The highest BCUT2D eigenvalue weighted by Crippen LogP contribution is 2.42. The number of Topliss-reactive ketones (excluding diaryl/α,β-unsaturated/α-hetero) is 1. The number of likely N-dealkylation sites (tertiary alicyclic amines) is 1. The number of hydrogen-bond donors (Lipinski definition) is 1. The second-order valence-corrected chi connectivity index (χ2v) is 9.91. The summed E-state index contributed by atoms with van der Waals surface area (Å²) in [6.07, 6.45) is 0.667. The summed E-state index contributed by atoms with van der Waals surface area (Å²) in [5.41, 5.74) is 0.923. The first-order chi connectivity index (χ1) is 17.1. The molecule has 0 aliphatic carbocycles. The van der Waals surface area contributed by atoms with Gasteiger partial charge in [-0.3, -0.25) is 9.59 Å². The van der Waals surface area contributed by atoms with Crippen molar-refractivity contribution in [2.75, 3.05) is 40.4 Å². The van der Waals surface area contributed by atoms with Crippen molar-refractivity contribution in [3.8, 4) is 11.5 Å². The van der Waals surface area contributed by atoms with Crippen LogP contribution in [0.2, 0.25) is 5.02 Å². The zero-order chi connectivity index (χ0) is 26.4. The van der Waals surface area contributed by atoms with E-state index in [1.807, 2.05) is 50.2 Å². The Morgan fingerprint density at radius 1 is 1.11 bits per heavy atom. The minimum atomic E-state index is -0.776. The van der Waals surface area contributed by atoms with Crippen molar-refractivity contribution < 1.29 is 24.2 Å². The van der Waals surface area contributed by atoms with Gasteiger partial charge in [-0.2, -0.15) is 0 Å². The number of amides is 1. The summed E-state index contributed by atoms with van der Waals surface area (Å²) in [4.78, 5) is 30.0. The smallest absolute Gasteiger partial charge is 0.295 e. The Morgan fingerprint density at radius 2 is 1.83 bits per heavy atom. The molecule has 1 aliphatic heterocycles. The van der Waals surface area contributed by atoms with Gasteiger partial charge in [0, 0.05) is 12.1 Å². The standard InChI is InChI=1S/C28H35ClN2O5/c1-6-35-21-11-12-23(29)22(16-21)26(32)24-25(19-9-7-10-20(15-19)36-17-18(2)3)31(28(34)27(24)33)14-8-13-30(4)5/h7,9-12,15-16,18,25,32H,6,8,13-14,17H2,1-5H3/b26-24+. The Hall–Kier alpha value is -3.03. The molecule has 0 aromatic heterocycles. The number of carbonyl (C=O) groups excluding carboxylic acids is 2. The normalized spacial score (nSPS) is 17.3. The predicted molar refractivity (Wildman–Crippen MR) is 142 cm³/mol. The van der Waals surface area contributed by atoms with E-state index in [-0.39, 0.29) is 21.9 Å². The maximum atomic E-state index is 13.3. The van der Waals surface area contributed by atoms with E-state index in [1.165, 1.54) is 4.90 Å². The van der Waals surface area contributed by atoms with Gasteiger partial charge in [-0.05, 0) is 75.8 Å². The minimum Gasteiger partial charge on any atom is -0.507 e. The number of aliphatic hydroxyl groups excluding tert-OH is 1. The van der Waals surface area contributed by atoms with E-state index in [4.69, 9.17) is 21.1 Å². The number of carbonyl (C=O) groups is 2. The molecule has 0 saturated carbocycles. The van der Waals surface area contributed by atoms with Gasteiger partial charge in [0.05, 0.1) is 29.9 Å². The third kappa shape index (κ3) is 6.39. The van der Waals surface area contributed by atoms with Gasteiger partial charge in [0.2, 0.25) is 0 Å². The van der Waals surface area contributed by atoms with Gasteiger partial charge >= 0.3 is 0 Å². The number of benzene rings is 2. The third-order valence-corrected chi connectivity index (χ3v) is 6.14. The molecule has 36 heavy (non-hydrogen) atoms. The second-order valence-electron chi connectivity index (χ2n) is 9.50. The number of hydrogen-bond acceptors (Lipinski definition) is 6. The number of nitrogens with zero attached hydrogens (tertiary/aromatic N) is 2. The summed E-state index contributed by atoms with van der Waals surface area (Å²) in [5.74, 6) is -0.237. The fourth-order valence-corrected chi connectivity index (χ4v) is 4.35. The maximum absolute atomic E-state index is 13.3. The summed E-state index contributed by atoms with van der Waals surface area (Å²) in [6.45, 7) is 8.03. The van der Waals surface area contributed by atoms with Crippen LogP contribution >= 0.6 is 11.6 Å². The highest BCUT2D eigenvalue weighted by Gasteiger charge is 2.46. The molecule has 0 spiro atoms. The summed E-state index contributed by atoms with van der Waals surface area (Å²) < 4.78 is 11.5. The first-order valence-corrected chi connectivity index (χ1v) is 12.6. The highest BCUT2D eigenvalue weighted by atomic mass is 35.5. The quantitative estimate of drug-likeness (QED) is 0.254. The average molecular weight is 515 g/mol. The van der Waals surface area contributed by atoms with Crippen LogP contribution in [0.1, 0.15) is 44.4 Å². The van der Waals surface area contributed by atoms with Crippen molar-refractivity contribution in [2.45, 2.75) is 33.2 Å². The Labute approximate surface area is 218 Å². The largest absolute Gasteiger partial charge is 0.507 e. The number of ether oxygens (including phenoxy) is 2. The molecule has 1 fully saturated rings. The van der Waals surface area contributed by atoms with Crippen LogP contribution in [-0.2, 0) is 9.59 Å². The van der Waals surface area contributed by atoms with E-state index in [0.29, 0.717) is 49.2 Å². The third-order valence-electron chi connectivity index (χ3n) is 5.81. The molecule has 1 N–H and O–H groups in total. The summed E-state index contributed by atoms with van der Waals surface area (Å²) in [5, 5.41) is 11.6. The lowest BCUT2D eigenvalue weighted by atomic mass is 9.95. The zero-order valence-electron chi connectivity index (χ0n) is 21.6.